The third-order valence-electron chi connectivity index (χ3n) is 8.26. The van der Waals surface area contributed by atoms with Crippen LogP contribution in [0.3, 0.4) is 0 Å². The molecule has 0 radical (unpaired) electrons. The fourth-order valence-corrected chi connectivity index (χ4v) is 6.27. The summed E-state index contributed by atoms with van der Waals surface area (Å²) >= 11 is 0. The van der Waals surface area contributed by atoms with Gasteiger partial charge in [-0.05, 0) is 76.0 Å². The van der Waals surface area contributed by atoms with Gasteiger partial charge in [-0.1, -0.05) is 13.5 Å². The number of carboxylic acids is 1. The quantitative estimate of drug-likeness (QED) is 0.181. The summed E-state index contributed by atoms with van der Waals surface area (Å²) in [5.41, 5.74) is -2.13. The predicted octanol–water partition coefficient (Wildman–Crippen LogP) is 4.08. The summed E-state index contributed by atoms with van der Waals surface area (Å²) in [6, 6.07) is 0. The Bertz CT molecular complexity index is 1050. The summed E-state index contributed by atoms with van der Waals surface area (Å²) in [6.07, 6.45) is 2.64. The molecule has 10 heteroatoms. The van der Waals surface area contributed by atoms with Crippen molar-refractivity contribution in [2.24, 2.45) is 17.3 Å². The first-order valence-electron chi connectivity index (χ1n) is 13.7. The van der Waals surface area contributed by atoms with Gasteiger partial charge in [-0.15, -0.1) is 0 Å². The minimum absolute atomic E-state index is 0.0748. The van der Waals surface area contributed by atoms with Crippen molar-refractivity contribution in [1.29, 1.82) is 0 Å². The molecule has 5 atom stereocenters. The van der Waals surface area contributed by atoms with Gasteiger partial charge < -0.3 is 24.4 Å². The standard InChI is InChI=1S/C30H44O10/c1-18-8-10-23-22(28(4,5)40-20(3)32)12-13-30(23,7)25(39-19(2)31)14-21(9-11-24(18)33)17-38-27(36)16-29(6,37)15-26(34)35/h14,22-23,25,37H,1,8-13,15-17H2,2-7H3,(H,34,35). The number of aliphatic hydroxyl groups is 1. The van der Waals surface area contributed by atoms with E-state index < -0.39 is 59.4 Å². The van der Waals surface area contributed by atoms with Crippen molar-refractivity contribution in [3.63, 3.8) is 0 Å². The van der Waals surface area contributed by atoms with Gasteiger partial charge in [-0.25, -0.2) is 0 Å². The maximum atomic E-state index is 12.9. The minimum Gasteiger partial charge on any atom is -0.481 e. The normalized spacial score (nSPS) is 27.4. The molecule has 0 saturated heterocycles. The lowest BCUT2D eigenvalue weighted by Gasteiger charge is -2.43. The molecule has 2 aliphatic carbocycles. The average molecular weight is 565 g/mol. The Morgan fingerprint density at radius 3 is 2.27 bits per heavy atom. The number of ether oxygens (including phenoxy) is 3. The van der Waals surface area contributed by atoms with Crippen LogP contribution < -0.4 is 0 Å². The Balaban J connectivity index is 2.45. The Hall–Kier alpha value is -3.01. The fraction of sp³-hybridized carbons (Fsp3) is 0.700. The molecule has 0 aliphatic heterocycles. The van der Waals surface area contributed by atoms with Crippen LogP contribution in [0.4, 0.5) is 0 Å². The van der Waals surface area contributed by atoms with Crippen LogP contribution in [0.1, 0.15) is 92.9 Å². The average Bonchev–Trinajstić information content (AvgIpc) is 3.13. The van der Waals surface area contributed by atoms with E-state index in [9.17, 15) is 29.1 Å². The van der Waals surface area contributed by atoms with Crippen LogP contribution in [0, 0.1) is 17.3 Å². The van der Waals surface area contributed by atoms with Crippen molar-refractivity contribution in [2.75, 3.05) is 6.61 Å². The van der Waals surface area contributed by atoms with Crippen molar-refractivity contribution in [1.82, 2.24) is 0 Å². The van der Waals surface area contributed by atoms with Gasteiger partial charge in [0.25, 0.3) is 0 Å². The molecule has 0 amide bonds. The number of carbonyl (C=O) groups excluding carboxylic acids is 4. The highest BCUT2D eigenvalue weighted by atomic mass is 16.6. The summed E-state index contributed by atoms with van der Waals surface area (Å²) in [5, 5.41) is 19.2. The number of esters is 3. The number of fused-ring (bicyclic) bond motifs is 1. The van der Waals surface area contributed by atoms with Crippen molar-refractivity contribution in [3.05, 3.63) is 23.8 Å². The van der Waals surface area contributed by atoms with Crippen LogP contribution in [0.25, 0.3) is 0 Å². The SMILES string of the molecule is C=C1CCC2C(C(C)(C)OC(C)=O)CCC2(C)C(OC(C)=O)C=C(COC(=O)CC(C)(O)CC(=O)O)CCC1=O. The van der Waals surface area contributed by atoms with Gasteiger partial charge in [0.15, 0.2) is 5.78 Å². The second-order valence-corrected chi connectivity index (χ2v) is 12.3. The van der Waals surface area contributed by atoms with E-state index in [1.807, 2.05) is 20.8 Å². The number of hydrogen-bond donors (Lipinski definition) is 2. The number of ketones is 1. The van der Waals surface area contributed by atoms with Crippen molar-refractivity contribution >= 4 is 29.7 Å². The number of allylic oxidation sites excluding steroid dienone is 1. The van der Waals surface area contributed by atoms with Crippen LogP contribution >= 0.6 is 0 Å². The molecule has 2 aliphatic rings. The van der Waals surface area contributed by atoms with Gasteiger partial charge >= 0.3 is 23.9 Å². The topological polar surface area (TPSA) is 154 Å². The van der Waals surface area contributed by atoms with Crippen LogP contribution in [-0.4, -0.2) is 63.8 Å². The van der Waals surface area contributed by atoms with Gasteiger partial charge in [-0.2, -0.15) is 0 Å². The van der Waals surface area contributed by atoms with Crippen LogP contribution in [0.5, 0.6) is 0 Å². The second kappa shape index (κ2) is 13.1. The highest BCUT2D eigenvalue weighted by Gasteiger charge is 2.55. The molecular formula is C30H44O10. The summed E-state index contributed by atoms with van der Waals surface area (Å²) in [5.74, 6) is -3.22. The van der Waals surface area contributed by atoms with Gasteiger partial charge in [0.05, 0.1) is 18.4 Å². The van der Waals surface area contributed by atoms with Gasteiger partial charge in [0.2, 0.25) is 0 Å². The highest BCUT2D eigenvalue weighted by molar-refractivity contribution is 5.94. The smallest absolute Gasteiger partial charge is 0.309 e. The van der Waals surface area contributed by atoms with E-state index >= 15 is 0 Å². The third-order valence-corrected chi connectivity index (χ3v) is 8.26. The number of rotatable bonds is 9. The van der Waals surface area contributed by atoms with Gasteiger partial charge in [0, 0.05) is 31.6 Å². The lowest BCUT2D eigenvalue weighted by Crippen LogP contribution is -2.45. The Kier molecular flexibility index (Phi) is 10.9. The Labute approximate surface area is 236 Å². The number of aliphatic carboxylic acids is 1. The lowest BCUT2D eigenvalue weighted by atomic mass is 9.67. The molecule has 0 aromatic carbocycles. The molecule has 2 rings (SSSR count). The van der Waals surface area contributed by atoms with E-state index in [2.05, 4.69) is 6.58 Å². The van der Waals surface area contributed by atoms with Crippen molar-refractivity contribution in [3.8, 4) is 0 Å². The zero-order valence-corrected chi connectivity index (χ0v) is 24.5. The molecule has 0 bridgehead atoms. The largest absolute Gasteiger partial charge is 0.481 e. The summed E-state index contributed by atoms with van der Waals surface area (Å²) in [7, 11) is 0. The zero-order valence-electron chi connectivity index (χ0n) is 24.5. The molecule has 2 N–H and O–H groups in total. The van der Waals surface area contributed by atoms with Crippen molar-refractivity contribution < 1.29 is 48.4 Å². The predicted molar refractivity (Wildman–Crippen MR) is 145 cm³/mol. The Morgan fingerprint density at radius 2 is 1.70 bits per heavy atom. The molecule has 0 aromatic rings. The van der Waals surface area contributed by atoms with Gasteiger partial charge in [-0.3, -0.25) is 24.0 Å². The number of carboxylic acid groups (broad SMARTS) is 1. The van der Waals surface area contributed by atoms with Gasteiger partial charge in [0.1, 0.15) is 18.3 Å². The zero-order chi connectivity index (χ0) is 30.5. The van der Waals surface area contributed by atoms with E-state index in [0.717, 1.165) is 0 Å². The summed E-state index contributed by atoms with van der Waals surface area (Å²) in [4.78, 5) is 60.5. The maximum absolute atomic E-state index is 12.9. The van der Waals surface area contributed by atoms with E-state index in [1.165, 1.54) is 20.8 Å². The molecular weight excluding hydrogens is 520 g/mol. The monoisotopic (exact) mass is 564 g/mol. The van der Waals surface area contributed by atoms with Crippen LogP contribution in [0.2, 0.25) is 0 Å². The highest BCUT2D eigenvalue weighted by Crippen LogP contribution is 2.56. The maximum Gasteiger partial charge on any atom is 0.309 e. The molecule has 1 saturated carbocycles. The molecule has 5 unspecified atom stereocenters. The summed E-state index contributed by atoms with van der Waals surface area (Å²) < 4.78 is 17.0. The fourth-order valence-electron chi connectivity index (χ4n) is 6.27. The second-order valence-electron chi connectivity index (χ2n) is 12.3. The number of carbonyl (C=O) groups is 5. The lowest BCUT2D eigenvalue weighted by molar-refractivity contribution is -0.163. The molecule has 10 nitrogen and oxygen atoms in total. The first kappa shape index (κ1) is 33.2. The molecule has 1 fully saturated rings. The van der Waals surface area contributed by atoms with E-state index in [4.69, 9.17) is 19.3 Å². The molecule has 224 valence electrons. The number of hydrogen-bond acceptors (Lipinski definition) is 9. The first-order chi connectivity index (χ1) is 18.4. The van der Waals surface area contributed by atoms with E-state index in [1.54, 1.807) is 6.08 Å². The van der Waals surface area contributed by atoms with Crippen LogP contribution in [-0.2, 0) is 38.2 Å². The molecule has 40 heavy (non-hydrogen) atoms. The van der Waals surface area contributed by atoms with Crippen molar-refractivity contribution in [2.45, 2.75) is 110 Å². The van der Waals surface area contributed by atoms with Crippen LogP contribution in [0.15, 0.2) is 23.8 Å². The molecule has 0 spiro atoms. The summed E-state index contributed by atoms with van der Waals surface area (Å²) in [6.45, 7) is 13.5. The number of Topliss-reactive ketones (excluding diaryl/α,β-unsaturated/α-hetero) is 1. The third kappa shape index (κ3) is 9.01. The minimum atomic E-state index is -1.78. The molecule has 0 heterocycles. The first-order valence-corrected chi connectivity index (χ1v) is 13.7. The van der Waals surface area contributed by atoms with E-state index in [-0.39, 0.29) is 37.1 Å². The Morgan fingerprint density at radius 1 is 1.05 bits per heavy atom. The molecule has 0 aromatic heterocycles. The van der Waals surface area contributed by atoms with E-state index in [0.29, 0.717) is 36.8 Å².